The molecule has 0 aliphatic heterocycles. The van der Waals surface area contributed by atoms with Gasteiger partial charge in [0.25, 0.3) is 0 Å². The number of ether oxygens (including phenoxy) is 2. The normalized spacial score (nSPS) is 34.8. The van der Waals surface area contributed by atoms with Crippen molar-refractivity contribution < 1.29 is 9.47 Å². The van der Waals surface area contributed by atoms with Crippen LogP contribution in [-0.4, -0.2) is 20.0 Å². The number of hydrogen-bond acceptors (Lipinski definition) is 2. The summed E-state index contributed by atoms with van der Waals surface area (Å²) in [5.41, 5.74) is 1.41. The Morgan fingerprint density at radius 3 is 2.69 bits per heavy atom. The molecule has 1 aromatic rings. The van der Waals surface area contributed by atoms with Gasteiger partial charge in [-0.3, -0.25) is 0 Å². The first kappa shape index (κ1) is 10.2. The van der Waals surface area contributed by atoms with Crippen LogP contribution in [0.25, 0.3) is 0 Å². The van der Waals surface area contributed by atoms with Gasteiger partial charge in [0.15, 0.2) is 5.79 Å². The zero-order chi connectivity index (χ0) is 11.2. The third-order valence-electron chi connectivity index (χ3n) is 4.23. The molecule has 0 aromatic heterocycles. The molecule has 3 atom stereocenters. The van der Waals surface area contributed by atoms with Crippen molar-refractivity contribution >= 4 is 0 Å². The predicted molar refractivity (Wildman–Crippen MR) is 62.3 cm³/mol. The molecule has 1 saturated carbocycles. The summed E-state index contributed by atoms with van der Waals surface area (Å²) in [7, 11) is 3.51. The number of fused-ring (bicyclic) bond motifs is 2. The lowest BCUT2D eigenvalue weighted by Gasteiger charge is -2.32. The second-order valence-electron chi connectivity index (χ2n) is 4.71. The number of rotatable bonds is 3. The van der Waals surface area contributed by atoms with Crippen LogP contribution in [0.3, 0.4) is 0 Å². The number of hydrogen-bond donors (Lipinski definition) is 0. The molecule has 1 fully saturated rings. The van der Waals surface area contributed by atoms with Gasteiger partial charge in [-0.05, 0) is 12.3 Å². The molecular formula is C14H17O2-. The first-order chi connectivity index (χ1) is 7.81. The first-order valence-electron chi connectivity index (χ1n) is 5.82. The summed E-state index contributed by atoms with van der Waals surface area (Å²) >= 11 is 0. The molecule has 0 radical (unpaired) electrons. The van der Waals surface area contributed by atoms with Crippen LogP contribution in [0.5, 0.6) is 0 Å². The standard InChI is InChI=1S/C14H17O2/c1-15-14(16-2)11-7-8-13(14)12(9-11)10-5-3-4-6-10/h3-8,11-13H,9H2,1-2H3/q-1. The highest BCUT2D eigenvalue weighted by molar-refractivity contribution is 5.32. The Morgan fingerprint density at radius 1 is 1.31 bits per heavy atom. The molecule has 0 heterocycles. The molecule has 0 spiro atoms. The van der Waals surface area contributed by atoms with Gasteiger partial charge >= 0.3 is 0 Å². The van der Waals surface area contributed by atoms with Gasteiger partial charge in [-0.25, -0.2) is 12.1 Å². The maximum atomic E-state index is 5.68. The zero-order valence-corrected chi connectivity index (χ0v) is 9.72. The van der Waals surface area contributed by atoms with Crippen molar-refractivity contribution in [1.82, 2.24) is 0 Å². The predicted octanol–water partition coefficient (Wildman–Crippen LogP) is 2.68. The second kappa shape index (κ2) is 3.51. The highest BCUT2D eigenvalue weighted by atomic mass is 16.7. The molecule has 0 saturated heterocycles. The van der Waals surface area contributed by atoms with Crippen LogP contribution in [0.15, 0.2) is 36.4 Å². The Balaban J connectivity index is 1.96. The van der Waals surface area contributed by atoms with Crippen molar-refractivity contribution in [3.8, 4) is 0 Å². The molecule has 2 nitrogen and oxygen atoms in total. The monoisotopic (exact) mass is 217 g/mol. The van der Waals surface area contributed by atoms with Gasteiger partial charge in [-0.1, -0.05) is 12.2 Å². The quantitative estimate of drug-likeness (QED) is 0.440. The average molecular weight is 217 g/mol. The fourth-order valence-corrected chi connectivity index (χ4v) is 3.48. The highest BCUT2D eigenvalue weighted by Gasteiger charge is 2.57. The van der Waals surface area contributed by atoms with Crippen molar-refractivity contribution in [2.24, 2.45) is 11.8 Å². The molecule has 1 aromatic carbocycles. The lowest BCUT2D eigenvalue weighted by Crippen LogP contribution is -2.40. The molecule has 0 amide bonds. The summed E-state index contributed by atoms with van der Waals surface area (Å²) in [5, 5.41) is 0. The van der Waals surface area contributed by atoms with E-state index in [0.29, 0.717) is 17.8 Å². The van der Waals surface area contributed by atoms with E-state index in [0.717, 1.165) is 6.42 Å². The van der Waals surface area contributed by atoms with Crippen molar-refractivity contribution in [2.75, 3.05) is 14.2 Å². The third-order valence-corrected chi connectivity index (χ3v) is 4.23. The van der Waals surface area contributed by atoms with Crippen molar-refractivity contribution in [2.45, 2.75) is 18.1 Å². The molecule has 0 N–H and O–H groups in total. The molecule has 2 aliphatic rings. The molecule has 3 rings (SSSR count). The summed E-state index contributed by atoms with van der Waals surface area (Å²) in [6.45, 7) is 0. The van der Waals surface area contributed by atoms with E-state index in [-0.39, 0.29) is 0 Å². The van der Waals surface area contributed by atoms with E-state index in [1.807, 2.05) is 0 Å². The van der Waals surface area contributed by atoms with Crippen LogP contribution in [0.1, 0.15) is 17.9 Å². The molecule has 16 heavy (non-hydrogen) atoms. The van der Waals surface area contributed by atoms with Crippen molar-refractivity contribution in [3.05, 3.63) is 42.0 Å². The van der Waals surface area contributed by atoms with Gasteiger partial charge in [0, 0.05) is 26.1 Å². The van der Waals surface area contributed by atoms with E-state index >= 15 is 0 Å². The van der Waals surface area contributed by atoms with E-state index in [1.54, 1.807) is 14.2 Å². The number of methoxy groups -OCH3 is 2. The molecule has 2 aliphatic carbocycles. The van der Waals surface area contributed by atoms with E-state index in [4.69, 9.17) is 9.47 Å². The fourth-order valence-electron chi connectivity index (χ4n) is 3.48. The molecule has 86 valence electrons. The van der Waals surface area contributed by atoms with Crippen LogP contribution in [-0.2, 0) is 9.47 Å². The van der Waals surface area contributed by atoms with Crippen molar-refractivity contribution in [3.63, 3.8) is 0 Å². The molecule has 2 bridgehead atoms. The Morgan fingerprint density at radius 2 is 2.12 bits per heavy atom. The van der Waals surface area contributed by atoms with Crippen LogP contribution in [0.4, 0.5) is 0 Å². The molecule has 3 unspecified atom stereocenters. The maximum absolute atomic E-state index is 5.68. The van der Waals surface area contributed by atoms with E-state index in [2.05, 4.69) is 36.4 Å². The Hall–Kier alpha value is -0.990. The largest absolute Gasteiger partial charge is 0.352 e. The smallest absolute Gasteiger partial charge is 0.180 e. The van der Waals surface area contributed by atoms with Crippen LogP contribution in [0, 0.1) is 11.8 Å². The third kappa shape index (κ3) is 1.12. The summed E-state index contributed by atoms with van der Waals surface area (Å²) in [6.07, 6.45) is 5.64. The summed E-state index contributed by atoms with van der Waals surface area (Å²) in [5.74, 6) is 0.884. The van der Waals surface area contributed by atoms with Gasteiger partial charge in [0.1, 0.15) is 0 Å². The first-order valence-corrected chi connectivity index (χ1v) is 5.82. The minimum absolute atomic E-state index is 0.356. The lowest BCUT2D eigenvalue weighted by atomic mass is 9.88. The van der Waals surface area contributed by atoms with Crippen LogP contribution < -0.4 is 0 Å². The van der Waals surface area contributed by atoms with Crippen LogP contribution >= 0.6 is 0 Å². The van der Waals surface area contributed by atoms with Crippen LogP contribution in [0.2, 0.25) is 0 Å². The van der Waals surface area contributed by atoms with Gasteiger partial charge in [-0.15, -0.1) is 0 Å². The van der Waals surface area contributed by atoms with Gasteiger partial charge < -0.3 is 9.47 Å². The minimum atomic E-state index is -0.415. The van der Waals surface area contributed by atoms with E-state index in [1.165, 1.54) is 5.56 Å². The topological polar surface area (TPSA) is 18.5 Å². The Bertz CT molecular complexity index is 387. The SMILES string of the molecule is COC1(OC)C2C=CC1C(c1ccc[cH-]1)C2. The van der Waals surface area contributed by atoms with Crippen molar-refractivity contribution in [1.29, 1.82) is 0 Å². The zero-order valence-electron chi connectivity index (χ0n) is 9.72. The fraction of sp³-hybridized carbons (Fsp3) is 0.500. The second-order valence-corrected chi connectivity index (χ2v) is 4.71. The molecule has 2 heteroatoms. The van der Waals surface area contributed by atoms with Gasteiger partial charge in [-0.2, -0.15) is 17.7 Å². The summed E-state index contributed by atoms with van der Waals surface area (Å²) < 4.78 is 11.4. The van der Waals surface area contributed by atoms with Gasteiger partial charge in [0.2, 0.25) is 0 Å². The van der Waals surface area contributed by atoms with E-state index < -0.39 is 5.79 Å². The average Bonchev–Trinajstić information content (AvgIpc) is 3.03. The maximum Gasteiger partial charge on any atom is 0.180 e. The minimum Gasteiger partial charge on any atom is -0.352 e. The summed E-state index contributed by atoms with van der Waals surface area (Å²) in [4.78, 5) is 0. The Labute approximate surface area is 96.2 Å². The van der Waals surface area contributed by atoms with Gasteiger partial charge in [0.05, 0.1) is 0 Å². The lowest BCUT2D eigenvalue weighted by molar-refractivity contribution is -0.230. The highest BCUT2D eigenvalue weighted by Crippen LogP contribution is 2.56. The Kier molecular flexibility index (Phi) is 2.23. The van der Waals surface area contributed by atoms with E-state index in [9.17, 15) is 0 Å². The molecular weight excluding hydrogens is 200 g/mol. The summed E-state index contributed by atoms with van der Waals surface area (Å²) in [6, 6.07) is 8.61.